The zero-order valence-corrected chi connectivity index (χ0v) is 83.3. The number of piperazine rings is 5. The third kappa shape index (κ3) is 23.9. The SMILES string of the molecule is C=CC(=O)N1CCN(c2ncnc3cc(-c4ccc(F)cc4)c(Cl)cc23)CC1.C=CC(=O)N1CCN(c2ncnc3cc(-c4cccc(F)c4)c(Cl)cc23)CC1.C=CC(=O)N1CCN(c2ncnc3cc(-c4ccccc4)c(Cl)cc23)CC1CC.C=CC(=O)N1CCN(c2ncnc3cc(-c4ccccc4F)c(Cl)cc23)CC1.CN(C)C/C=C/C(=O)N1CCN(c2ncnc3cc(-c4ccccc4)c(Cl)cc23)CC1. The van der Waals surface area contributed by atoms with Crippen molar-refractivity contribution in [2.45, 2.75) is 19.4 Å². The number of hydrogen-bond acceptors (Lipinski definition) is 21. The largest absolute Gasteiger partial charge is 0.352 e. The van der Waals surface area contributed by atoms with Gasteiger partial charge in [0.15, 0.2) is 0 Å². The summed E-state index contributed by atoms with van der Waals surface area (Å²) >= 11 is 32.9. The second-order valence-electron chi connectivity index (χ2n) is 34.7. The molecule has 5 amide bonds. The Morgan fingerprint density at radius 2 is 0.639 bits per heavy atom. The van der Waals surface area contributed by atoms with Crippen LogP contribution >= 0.6 is 58.0 Å². The molecule has 26 nitrogen and oxygen atoms in total. The average Bonchev–Trinajstić information content (AvgIpc) is 0.857. The van der Waals surface area contributed by atoms with E-state index in [9.17, 15) is 37.1 Å². The van der Waals surface area contributed by atoms with Gasteiger partial charge in [0.05, 0.1) is 27.6 Å². The van der Waals surface area contributed by atoms with Crippen LogP contribution in [0.1, 0.15) is 13.3 Å². The molecular formula is C110H103Cl5F3N21O5. The zero-order valence-electron chi connectivity index (χ0n) is 79.5. The van der Waals surface area contributed by atoms with Gasteiger partial charge in [-0.05, 0) is 158 Å². The van der Waals surface area contributed by atoms with Crippen molar-refractivity contribution in [3.05, 3.63) is 331 Å². The topological polar surface area (TPSA) is 250 Å². The molecule has 5 aliphatic rings. The Labute approximate surface area is 857 Å². The summed E-state index contributed by atoms with van der Waals surface area (Å²) < 4.78 is 41.1. The number of fused-ring (bicyclic) bond motifs is 5. The molecule has 0 aliphatic carbocycles. The molecule has 734 valence electrons. The van der Waals surface area contributed by atoms with Crippen molar-refractivity contribution < 1.29 is 37.1 Å². The lowest BCUT2D eigenvalue weighted by molar-refractivity contribution is -0.129. The van der Waals surface area contributed by atoms with E-state index in [4.69, 9.17) is 58.0 Å². The van der Waals surface area contributed by atoms with Gasteiger partial charge < -0.3 is 53.9 Å². The molecule has 20 rings (SSSR count). The minimum atomic E-state index is -0.332. The highest BCUT2D eigenvalue weighted by Crippen LogP contribution is 2.42. The zero-order chi connectivity index (χ0) is 101. The Morgan fingerprint density at radius 3 is 0.986 bits per heavy atom. The van der Waals surface area contributed by atoms with Gasteiger partial charge in [-0.3, -0.25) is 24.0 Å². The van der Waals surface area contributed by atoms with E-state index in [-0.39, 0.29) is 53.0 Å². The summed E-state index contributed by atoms with van der Waals surface area (Å²) in [6.07, 6.45) is 17.6. The number of rotatable bonds is 18. The number of halogens is 8. The molecule has 1 unspecified atom stereocenters. The first kappa shape index (κ1) is 102. The summed E-state index contributed by atoms with van der Waals surface area (Å²) in [7, 11) is 3.96. The lowest BCUT2D eigenvalue weighted by Gasteiger charge is -2.41. The third-order valence-corrected chi connectivity index (χ3v) is 27.2. The Hall–Kier alpha value is -14.9. The number of hydrogen-bond donors (Lipinski definition) is 0. The molecule has 5 fully saturated rings. The van der Waals surface area contributed by atoms with Crippen LogP contribution in [0.15, 0.2) is 289 Å². The van der Waals surface area contributed by atoms with Gasteiger partial charge in [0, 0.05) is 228 Å². The highest BCUT2D eigenvalue weighted by atomic mass is 35.5. The van der Waals surface area contributed by atoms with Crippen LogP contribution in [0, 0.1) is 17.5 Å². The molecule has 0 radical (unpaired) electrons. The van der Waals surface area contributed by atoms with Gasteiger partial charge in [-0.1, -0.05) is 200 Å². The molecule has 1 atom stereocenters. The van der Waals surface area contributed by atoms with E-state index < -0.39 is 0 Å². The standard InChI is InChI=1S/C24H26ClN5O.C23H23ClN4O.3C21H18ClFN4O/c1-28(2)10-6-9-23(31)29-11-13-30(14-12-29)24-20-15-21(25)19(16-22(20)26-17-27-24)18-7-4-3-5-8-18;1-3-17-14-27(10-11-28(17)22(29)4-2)23-19-12-20(24)18(13-21(19)25-15-26-23)16-8-6-5-7-9-16;1-2-20(28)26-7-9-27(10-8-26)21-17-11-18(22)16(12-19(17)24-13-25-21)14-3-5-15(23)6-4-14;1-2-20(28)26-6-8-27(9-7-26)21-17-11-18(22)16(12-19(17)24-13-25-21)14-4-3-5-15(23)10-14;1-2-20(28)26-7-9-27(10-8-26)21-16-11-17(22)15(12-19(16)24-13-25-21)14-5-3-4-6-18(14)23/h3-9,15-17H,10-14H2,1-2H3;4-9,12-13,15,17H,2-3,10-11,14H2,1H3;2-6,11-13H,1,7-10H2;2-5,10-13H,1,6-9H2;2-6,11-13H,1,7-10H2/b9-6+;;;;. The van der Waals surface area contributed by atoms with E-state index in [0.29, 0.717) is 152 Å². The Balaban J connectivity index is 0.000000129. The van der Waals surface area contributed by atoms with Crippen molar-refractivity contribution in [2.24, 2.45) is 0 Å². The number of likely N-dealkylation sites (N-methyl/N-ethyl adjacent to an activating group) is 1. The molecule has 10 aromatic carbocycles. The molecule has 0 saturated carbocycles. The lowest BCUT2D eigenvalue weighted by atomic mass is 10.0. The molecule has 10 heterocycles. The van der Waals surface area contributed by atoms with E-state index in [0.717, 1.165) is 150 Å². The van der Waals surface area contributed by atoms with Crippen LogP contribution in [0.3, 0.4) is 0 Å². The summed E-state index contributed by atoms with van der Waals surface area (Å²) in [5, 5.41) is 7.18. The van der Waals surface area contributed by atoms with E-state index in [2.05, 4.69) is 108 Å². The van der Waals surface area contributed by atoms with Gasteiger partial charge in [0.25, 0.3) is 0 Å². The maximum absolute atomic E-state index is 14.2. The van der Waals surface area contributed by atoms with Gasteiger partial charge in [0.1, 0.15) is 78.2 Å². The molecule has 0 spiro atoms. The van der Waals surface area contributed by atoms with Gasteiger partial charge in [0.2, 0.25) is 29.5 Å². The Morgan fingerprint density at radius 1 is 0.326 bits per heavy atom. The van der Waals surface area contributed by atoms with E-state index in [1.54, 1.807) is 82.0 Å². The second kappa shape index (κ2) is 47.4. The minimum absolute atomic E-state index is 0.0143. The van der Waals surface area contributed by atoms with Gasteiger partial charge in [-0.2, -0.15) is 0 Å². The van der Waals surface area contributed by atoms with Crippen LogP contribution in [0.5, 0.6) is 0 Å². The fourth-order valence-electron chi connectivity index (χ4n) is 18.1. The first-order valence-electron chi connectivity index (χ1n) is 47.0. The number of aromatic nitrogens is 10. The van der Waals surface area contributed by atoms with E-state index >= 15 is 0 Å². The summed E-state index contributed by atoms with van der Waals surface area (Å²) in [5.74, 6) is 2.99. The maximum Gasteiger partial charge on any atom is 0.246 e. The fraction of sp³-hybridized carbons (Fsp3) is 0.227. The summed E-state index contributed by atoms with van der Waals surface area (Å²) in [6.45, 7) is 29.5. The highest BCUT2D eigenvalue weighted by Gasteiger charge is 2.33. The first-order chi connectivity index (χ1) is 69.8. The van der Waals surface area contributed by atoms with Crippen molar-refractivity contribution in [1.82, 2.24) is 79.2 Å². The number of amides is 5. The van der Waals surface area contributed by atoms with Crippen LogP contribution < -0.4 is 24.5 Å². The third-order valence-electron chi connectivity index (χ3n) is 25.7. The van der Waals surface area contributed by atoms with Crippen LogP contribution in [0.4, 0.5) is 42.3 Å². The smallest absolute Gasteiger partial charge is 0.246 e. The number of carbonyl (C=O) groups is 5. The van der Waals surface area contributed by atoms with Crippen LogP contribution in [0.25, 0.3) is 110 Å². The average molecular weight is 2030 g/mol. The number of carbonyl (C=O) groups excluding carboxylic acids is 5. The maximum atomic E-state index is 14.2. The molecule has 144 heavy (non-hydrogen) atoms. The molecule has 0 bridgehead atoms. The summed E-state index contributed by atoms with van der Waals surface area (Å²) in [6, 6.07) is 58.2. The van der Waals surface area contributed by atoms with Crippen LogP contribution in [-0.2, 0) is 24.0 Å². The van der Waals surface area contributed by atoms with Gasteiger partial charge >= 0.3 is 0 Å². The van der Waals surface area contributed by atoms with E-state index in [1.165, 1.54) is 73.6 Å². The normalized spacial score (nSPS) is 14.9. The predicted octanol–water partition coefficient (Wildman–Crippen LogP) is 20.1. The van der Waals surface area contributed by atoms with Crippen molar-refractivity contribution in [1.29, 1.82) is 0 Å². The molecule has 34 heteroatoms. The fourth-order valence-corrected chi connectivity index (χ4v) is 19.4. The van der Waals surface area contributed by atoms with Crippen molar-refractivity contribution in [3.63, 3.8) is 0 Å². The molecule has 5 saturated heterocycles. The van der Waals surface area contributed by atoms with Crippen molar-refractivity contribution in [2.75, 3.05) is 169 Å². The van der Waals surface area contributed by atoms with Crippen molar-refractivity contribution in [3.8, 4) is 55.6 Å². The molecule has 15 aromatic rings. The molecule has 5 aliphatic heterocycles. The predicted molar refractivity (Wildman–Crippen MR) is 571 cm³/mol. The van der Waals surface area contributed by atoms with Gasteiger partial charge in [-0.15, -0.1) is 0 Å². The monoisotopic (exact) mass is 2030 g/mol. The van der Waals surface area contributed by atoms with E-state index in [1.807, 2.05) is 150 Å². The minimum Gasteiger partial charge on any atom is -0.352 e. The Bertz CT molecular complexity index is 7320. The second-order valence-corrected chi connectivity index (χ2v) is 36.8. The quantitative estimate of drug-likeness (QED) is 0.0724. The lowest BCUT2D eigenvalue weighted by Crippen LogP contribution is -2.55. The van der Waals surface area contributed by atoms with Crippen molar-refractivity contribution >= 4 is 171 Å². The van der Waals surface area contributed by atoms with Gasteiger partial charge in [-0.25, -0.2) is 63.0 Å². The van der Waals surface area contributed by atoms with Crippen LogP contribution in [0.2, 0.25) is 25.1 Å². The van der Waals surface area contributed by atoms with Crippen LogP contribution in [-0.4, -0.2) is 260 Å². The molecule has 5 aromatic heterocycles. The Kier molecular flexibility index (Phi) is 33.6. The number of benzene rings is 10. The number of anilines is 5. The highest BCUT2D eigenvalue weighted by molar-refractivity contribution is 6.36. The molecular weight excluding hydrogens is 1930 g/mol. The first-order valence-corrected chi connectivity index (χ1v) is 48.9. The summed E-state index contributed by atoms with van der Waals surface area (Å²) in [5.41, 5.74) is 12.0. The molecule has 0 N–H and O–H groups in total. The summed E-state index contributed by atoms with van der Waals surface area (Å²) in [4.78, 5) is 126. The number of nitrogens with zero attached hydrogens (tertiary/aromatic N) is 21.